The van der Waals surface area contributed by atoms with Crippen LogP contribution in [0.3, 0.4) is 0 Å². The molecule has 4 aromatic carbocycles. The van der Waals surface area contributed by atoms with Gasteiger partial charge in [-0.2, -0.15) is 0 Å². The minimum atomic E-state index is -0.659. The SMILES string of the molecule is Fc1cc(Oc2cccc(-c3ccccn3)c2)cc2c1c1c(F)cc(Oc3cccc(-c4ccccn4)c3)cc1n2-c1ncccn1. The molecule has 0 amide bonds. The highest BCUT2D eigenvalue weighted by Gasteiger charge is 2.23. The van der Waals surface area contributed by atoms with E-state index in [-0.39, 0.29) is 28.2 Å². The van der Waals surface area contributed by atoms with E-state index in [4.69, 9.17) is 9.47 Å². The van der Waals surface area contributed by atoms with E-state index in [1.165, 1.54) is 12.1 Å². The number of rotatable bonds is 7. The molecule has 0 saturated carbocycles. The van der Waals surface area contributed by atoms with Crippen LogP contribution in [0.15, 0.2) is 140 Å². The lowest BCUT2D eigenvalue weighted by Gasteiger charge is -2.10. The molecule has 0 radical (unpaired) electrons. The summed E-state index contributed by atoms with van der Waals surface area (Å²) < 4.78 is 46.0. The van der Waals surface area contributed by atoms with E-state index >= 15 is 8.78 Å². The lowest BCUT2D eigenvalue weighted by molar-refractivity contribution is 0.478. The van der Waals surface area contributed by atoms with Gasteiger partial charge in [0.1, 0.15) is 34.6 Å². The Bertz CT molecular complexity index is 2240. The summed E-state index contributed by atoms with van der Waals surface area (Å²) in [5.41, 5.74) is 3.90. The Morgan fingerprint density at radius 1 is 0.447 bits per heavy atom. The summed E-state index contributed by atoms with van der Waals surface area (Å²) in [4.78, 5) is 17.6. The number of benzene rings is 4. The molecule has 0 aliphatic rings. The molecule has 47 heavy (non-hydrogen) atoms. The second kappa shape index (κ2) is 11.8. The molecular weight excluding hydrogens is 596 g/mol. The summed E-state index contributed by atoms with van der Waals surface area (Å²) in [5, 5.41) is 0.145. The van der Waals surface area contributed by atoms with Crippen LogP contribution >= 0.6 is 0 Å². The maximum Gasteiger partial charge on any atom is 0.234 e. The topological polar surface area (TPSA) is 75.0 Å². The highest BCUT2D eigenvalue weighted by atomic mass is 19.1. The molecule has 0 fully saturated rings. The zero-order valence-corrected chi connectivity index (χ0v) is 24.6. The Hall–Kier alpha value is -6.48. The fourth-order valence-corrected chi connectivity index (χ4v) is 5.63. The number of nitrogens with zero attached hydrogens (tertiary/aromatic N) is 5. The van der Waals surface area contributed by atoms with Crippen molar-refractivity contribution in [1.29, 1.82) is 0 Å². The van der Waals surface area contributed by atoms with Crippen LogP contribution in [0.1, 0.15) is 0 Å². The van der Waals surface area contributed by atoms with Crippen LogP contribution < -0.4 is 9.47 Å². The molecule has 9 heteroatoms. The third-order valence-corrected chi connectivity index (χ3v) is 7.63. The zero-order valence-electron chi connectivity index (χ0n) is 24.6. The van der Waals surface area contributed by atoms with Crippen molar-refractivity contribution in [2.45, 2.75) is 0 Å². The lowest BCUT2D eigenvalue weighted by Crippen LogP contribution is -2.00. The van der Waals surface area contributed by atoms with Crippen molar-refractivity contribution in [1.82, 2.24) is 24.5 Å². The fraction of sp³-hybridized carbons (Fsp3) is 0. The first-order chi connectivity index (χ1) is 23.1. The van der Waals surface area contributed by atoms with Gasteiger partial charge in [0.2, 0.25) is 5.95 Å². The van der Waals surface area contributed by atoms with Crippen LogP contribution in [0.5, 0.6) is 23.0 Å². The van der Waals surface area contributed by atoms with Crippen molar-refractivity contribution in [3.8, 4) is 51.5 Å². The second-order valence-electron chi connectivity index (χ2n) is 10.7. The molecule has 0 unspecified atom stereocenters. The van der Waals surface area contributed by atoms with Crippen LogP contribution in [0.2, 0.25) is 0 Å². The largest absolute Gasteiger partial charge is 0.457 e. The smallest absolute Gasteiger partial charge is 0.234 e. The van der Waals surface area contributed by atoms with E-state index in [2.05, 4.69) is 19.9 Å². The highest BCUT2D eigenvalue weighted by molar-refractivity contribution is 6.10. The monoisotopic (exact) mass is 619 g/mol. The average molecular weight is 620 g/mol. The number of ether oxygens (including phenoxy) is 2. The molecule has 4 heterocycles. The first kappa shape index (κ1) is 28.0. The highest BCUT2D eigenvalue weighted by Crippen LogP contribution is 2.40. The summed E-state index contributed by atoms with van der Waals surface area (Å²) in [6.45, 7) is 0. The molecule has 226 valence electrons. The molecule has 0 saturated heterocycles. The lowest BCUT2D eigenvalue weighted by atomic mass is 10.1. The Morgan fingerprint density at radius 2 is 0.936 bits per heavy atom. The van der Waals surface area contributed by atoms with E-state index in [1.807, 2.05) is 72.8 Å². The number of halogens is 2. The number of fused-ring (bicyclic) bond motifs is 3. The Kier molecular flexibility index (Phi) is 7.03. The molecule has 7 nitrogen and oxygen atoms in total. The van der Waals surface area contributed by atoms with Gasteiger partial charge < -0.3 is 9.47 Å². The number of hydrogen-bond acceptors (Lipinski definition) is 6. The quantitative estimate of drug-likeness (QED) is 0.177. The van der Waals surface area contributed by atoms with Crippen molar-refractivity contribution in [2.75, 3.05) is 0 Å². The number of hydrogen-bond donors (Lipinski definition) is 0. The molecule has 0 aliphatic carbocycles. The minimum Gasteiger partial charge on any atom is -0.457 e. The maximum absolute atomic E-state index is 16.0. The van der Waals surface area contributed by atoms with Crippen LogP contribution in [-0.4, -0.2) is 24.5 Å². The average Bonchev–Trinajstić information content (AvgIpc) is 3.44. The van der Waals surface area contributed by atoms with Crippen LogP contribution in [-0.2, 0) is 0 Å². The van der Waals surface area contributed by atoms with Crippen molar-refractivity contribution in [2.24, 2.45) is 0 Å². The summed E-state index contributed by atoms with van der Waals surface area (Å²) in [6.07, 6.45) is 6.57. The predicted molar refractivity (Wildman–Crippen MR) is 176 cm³/mol. The minimum absolute atomic E-state index is 0.0724. The molecular formula is C38H23F2N5O2. The third-order valence-electron chi connectivity index (χ3n) is 7.63. The first-order valence-electron chi connectivity index (χ1n) is 14.7. The van der Waals surface area contributed by atoms with E-state index in [1.54, 1.807) is 59.7 Å². The molecule has 0 atom stereocenters. The Balaban J connectivity index is 1.24. The second-order valence-corrected chi connectivity index (χ2v) is 10.7. The molecule has 8 aromatic rings. The van der Waals surface area contributed by atoms with Crippen LogP contribution in [0.25, 0.3) is 50.3 Å². The molecule has 8 rings (SSSR count). The van der Waals surface area contributed by atoms with E-state index in [0.717, 1.165) is 22.5 Å². The number of aromatic nitrogens is 5. The predicted octanol–water partition coefficient (Wildman–Crippen LogP) is 9.56. The van der Waals surface area contributed by atoms with Gasteiger partial charge >= 0.3 is 0 Å². The molecule has 0 aliphatic heterocycles. The van der Waals surface area contributed by atoms with Crippen LogP contribution in [0, 0.1) is 11.6 Å². The van der Waals surface area contributed by atoms with Gasteiger partial charge in [-0.05, 0) is 54.6 Å². The van der Waals surface area contributed by atoms with Gasteiger partial charge in [0.05, 0.1) is 22.4 Å². The summed E-state index contributed by atoms with van der Waals surface area (Å²) in [5.74, 6) is 0.325. The Morgan fingerprint density at radius 3 is 1.40 bits per heavy atom. The summed E-state index contributed by atoms with van der Waals surface area (Å²) >= 11 is 0. The zero-order chi connectivity index (χ0) is 31.7. The van der Waals surface area contributed by atoms with E-state index in [0.29, 0.717) is 22.5 Å². The maximum atomic E-state index is 16.0. The van der Waals surface area contributed by atoms with Gasteiger partial charge in [-0.25, -0.2) is 18.7 Å². The third kappa shape index (κ3) is 5.40. The molecule has 0 N–H and O–H groups in total. The number of pyridine rings is 2. The molecule has 0 spiro atoms. The standard InChI is InChI=1S/C38H23F2N5O2/c39-30-20-28(46-26-10-5-8-24(18-26)32-12-1-3-14-41-32)22-34-36(30)37-31(40)21-29(23-35(37)45(34)38-43-16-7-17-44-38)47-27-11-6-9-25(19-27)33-13-2-4-15-42-33/h1-23H. The van der Waals surface area contributed by atoms with Crippen molar-refractivity contribution in [3.63, 3.8) is 0 Å². The van der Waals surface area contributed by atoms with Crippen molar-refractivity contribution in [3.05, 3.63) is 152 Å². The molecule has 4 aromatic heterocycles. The van der Waals surface area contributed by atoms with Gasteiger partial charge in [-0.15, -0.1) is 0 Å². The van der Waals surface area contributed by atoms with E-state index < -0.39 is 11.6 Å². The fourth-order valence-electron chi connectivity index (χ4n) is 5.63. The first-order valence-corrected chi connectivity index (χ1v) is 14.7. The van der Waals surface area contributed by atoms with Gasteiger partial charge in [0, 0.05) is 71.0 Å². The van der Waals surface area contributed by atoms with Gasteiger partial charge in [0.25, 0.3) is 0 Å². The normalized spacial score (nSPS) is 11.2. The Labute approximate surface area is 267 Å². The van der Waals surface area contributed by atoms with Crippen LogP contribution in [0.4, 0.5) is 8.78 Å². The van der Waals surface area contributed by atoms with Gasteiger partial charge in [-0.1, -0.05) is 36.4 Å². The summed E-state index contributed by atoms with van der Waals surface area (Å²) in [7, 11) is 0. The summed E-state index contributed by atoms with van der Waals surface area (Å²) in [6, 6.07) is 33.5. The molecule has 0 bridgehead atoms. The van der Waals surface area contributed by atoms with Crippen molar-refractivity contribution >= 4 is 21.8 Å². The van der Waals surface area contributed by atoms with Gasteiger partial charge in [-0.3, -0.25) is 14.5 Å². The van der Waals surface area contributed by atoms with E-state index in [9.17, 15) is 0 Å². The van der Waals surface area contributed by atoms with Crippen molar-refractivity contribution < 1.29 is 18.3 Å². The van der Waals surface area contributed by atoms with Gasteiger partial charge in [0.15, 0.2) is 0 Å².